The van der Waals surface area contributed by atoms with Gasteiger partial charge in [-0.1, -0.05) is 6.92 Å². The Labute approximate surface area is 118 Å². The Morgan fingerprint density at radius 1 is 1.45 bits per heavy atom. The van der Waals surface area contributed by atoms with Crippen molar-refractivity contribution in [2.24, 2.45) is 18.9 Å². The number of carbonyl (C=O) groups is 2. The molecule has 0 bridgehead atoms. The second kappa shape index (κ2) is 5.90. The average molecular weight is 277 g/mol. The van der Waals surface area contributed by atoms with Crippen molar-refractivity contribution in [1.82, 2.24) is 14.7 Å². The highest BCUT2D eigenvalue weighted by molar-refractivity contribution is 5.92. The highest BCUT2D eigenvalue weighted by Crippen LogP contribution is 2.24. The minimum atomic E-state index is -0.246. The van der Waals surface area contributed by atoms with Crippen LogP contribution in [0.2, 0.25) is 0 Å². The van der Waals surface area contributed by atoms with Crippen molar-refractivity contribution in [3.8, 4) is 0 Å². The first-order valence-electron chi connectivity index (χ1n) is 6.54. The number of rotatable bonds is 3. The van der Waals surface area contributed by atoms with Crippen molar-refractivity contribution in [3.63, 3.8) is 0 Å². The Balaban J connectivity index is 1.97. The predicted molar refractivity (Wildman–Crippen MR) is 73.5 cm³/mol. The van der Waals surface area contributed by atoms with E-state index in [0.717, 1.165) is 5.56 Å². The molecule has 1 aromatic heterocycles. The van der Waals surface area contributed by atoms with E-state index in [1.54, 1.807) is 21.9 Å². The van der Waals surface area contributed by atoms with Crippen LogP contribution in [0.15, 0.2) is 18.5 Å². The molecule has 6 nitrogen and oxygen atoms in total. The molecule has 6 heteroatoms. The first-order valence-corrected chi connectivity index (χ1v) is 6.54. The van der Waals surface area contributed by atoms with Crippen molar-refractivity contribution in [1.29, 1.82) is 0 Å². The van der Waals surface area contributed by atoms with Gasteiger partial charge in [-0.25, -0.2) is 0 Å². The zero-order chi connectivity index (χ0) is 14.7. The molecule has 2 unspecified atom stereocenters. The maximum atomic E-state index is 12.1. The molecular weight excluding hydrogens is 258 g/mol. The summed E-state index contributed by atoms with van der Waals surface area (Å²) in [4.78, 5) is 25.4. The van der Waals surface area contributed by atoms with Crippen LogP contribution >= 0.6 is 0 Å². The van der Waals surface area contributed by atoms with Crippen LogP contribution in [-0.4, -0.2) is 46.8 Å². The third-order valence-corrected chi connectivity index (χ3v) is 3.57. The summed E-state index contributed by atoms with van der Waals surface area (Å²) in [5, 5.41) is 4.03. The van der Waals surface area contributed by atoms with E-state index in [1.807, 2.05) is 20.2 Å². The molecular formula is C14H19N3O3. The Bertz CT molecular complexity index is 536. The lowest BCUT2D eigenvalue weighted by molar-refractivity contribution is -0.146. The first-order chi connectivity index (χ1) is 9.51. The van der Waals surface area contributed by atoms with Gasteiger partial charge < -0.3 is 9.64 Å². The summed E-state index contributed by atoms with van der Waals surface area (Å²) < 4.78 is 6.43. The van der Waals surface area contributed by atoms with Crippen LogP contribution in [0.5, 0.6) is 0 Å². The van der Waals surface area contributed by atoms with E-state index in [0.29, 0.717) is 13.1 Å². The minimum absolute atomic E-state index is 0.0906. The molecule has 2 atom stereocenters. The van der Waals surface area contributed by atoms with E-state index in [1.165, 1.54) is 13.2 Å². The monoisotopic (exact) mass is 277 g/mol. The molecule has 1 saturated heterocycles. The van der Waals surface area contributed by atoms with Crippen LogP contribution in [0.25, 0.3) is 6.08 Å². The molecule has 0 aromatic carbocycles. The molecule has 1 aliphatic rings. The van der Waals surface area contributed by atoms with Gasteiger partial charge in [-0.3, -0.25) is 14.3 Å². The number of carbonyl (C=O) groups excluding carboxylic acids is 2. The molecule has 2 rings (SSSR count). The van der Waals surface area contributed by atoms with Crippen molar-refractivity contribution >= 4 is 18.0 Å². The van der Waals surface area contributed by atoms with Gasteiger partial charge in [-0.15, -0.1) is 0 Å². The van der Waals surface area contributed by atoms with Gasteiger partial charge in [0.15, 0.2) is 0 Å². The molecule has 2 heterocycles. The topological polar surface area (TPSA) is 64.4 Å². The molecule has 0 spiro atoms. The molecule has 1 aliphatic heterocycles. The number of ether oxygens (including phenoxy) is 1. The van der Waals surface area contributed by atoms with Gasteiger partial charge in [0.25, 0.3) is 0 Å². The normalized spacial score (nSPS) is 22.4. The molecule has 108 valence electrons. The van der Waals surface area contributed by atoms with Crippen LogP contribution < -0.4 is 0 Å². The van der Waals surface area contributed by atoms with Crippen LogP contribution in [0, 0.1) is 11.8 Å². The van der Waals surface area contributed by atoms with E-state index in [4.69, 9.17) is 4.74 Å². The summed E-state index contributed by atoms with van der Waals surface area (Å²) >= 11 is 0. The molecule has 1 aromatic rings. The molecule has 20 heavy (non-hydrogen) atoms. The molecule has 1 amide bonds. The maximum Gasteiger partial charge on any atom is 0.310 e. The highest BCUT2D eigenvalue weighted by Gasteiger charge is 2.36. The van der Waals surface area contributed by atoms with Crippen molar-refractivity contribution in [2.75, 3.05) is 20.2 Å². The molecule has 0 radical (unpaired) electrons. The number of hydrogen-bond donors (Lipinski definition) is 0. The number of nitrogens with zero attached hydrogens (tertiary/aromatic N) is 3. The van der Waals surface area contributed by atoms with E-state index < -0.39 is 0 Å². The number of hydrogen-bond acceptors (Lipinski definition) is 4. The summed E-state index contributed by atoms with van der Waals surface area (Å²) in [6, 6.07) is 0. The first kappa shape index (κ1) is 14.3. The van der Waals surface area contributed by atoms with Crippen LogP contribution in [-0.2, 0) is 21.4 Å². The average Bonchev–Trinajstić information content (AvgIpc) is 3.01. The maximum absolute atomic E-state index is 12.1. The van der Waals surface area contributed by atoms with Gasteiger partial charge in [-0.2, -0.15) is 5.10 Å². The summed E-state index contributed by atoms with van der Waals surface area (Å²) in [5.74, 6) is -0.440. The van der Waals surface area contributed by atoms with E-state index >= 15 is 0 Å². The summed E-state index contributed by atoms with van der Waals surface area (Å²) in [6.45, 7) is 2.96. The molecule has 0 N–H and O–H groups in total. The Hall–Kier alpha value is -2.11. The molecule has 1 fully saturated rings. The standard InChI is InChI=1S/C14H19N3O3/c1-10-7-17(9-12(10)14(19)20-3)13(18)5-4-11-6-15-16(2)8-11/h4-6,8,10,12H,7,9H2,1-3H3/b5-4+. The summed E-state index contributed by atoms with van der Waals surface area (Å²) in [7, 11) is 3.20. The third-order valence-electron chi connectivity index (χ3n) is 3.57. The van der Waals surface area contributed by atoms with Crippen molar-refractivity contribution in [3.05, 3.63) is 24.0 Å². The van der Waals surface area contributed by atoms with Gasteiger partial charge in [0, 0.05) is 38.0 Å². The van der Waals surface area contributed by atoms with Crippen LogP contribution in [0.3, 0.4) is 0 Å². The second-order valence-corrected chi connectivity index (χ2v) is 5.13. The smallest absolute Gasteiger partial charge is 0.310 e. The number of aryl methyl sites for hydroxylation is 1. The largest absolute Gasteiger partial charge is 0.469 e. The van der Waals surface area contributed by atoms with Crippen LogP contribution in [0.1, 0.15) is 12.5 Å². The van der Waals surface area contributed by atoms with Gasteiger partial charge in [0.2, 0.25) is 5.91 Å². The fourth-order valence-electron chi connectivity index (χ4n) is 2.40. The van der Waals surface area contributed by atoms with E-state index in [-0.39, 0.29) is 23.7 Å². The quantitative estimate of drug-likeness (QED) is 0.602. The Kier molecular flexibility index (Phi) is 4.22. The fourth-order valence-corrected chi connectivity index (χ4v) is 2.40. The number of esters is 1. The van der Waals surface area contributed by atoms with Crippen molar-refractivity contribution < 1.29 is 14.3 Å². The zero-order valence-electron chi connectivity index (χ0n) is 11.9. The van der Waals surface area contributed by atoms with E-state index in [9.17, 15) is 9.59 Å². The van der Waals surface area contributed by atoms with Gasteiger partial charge in [0.1, 0.15) is 0 Å². The minimum Gasteiger partial charge on any atom is -0.469 e. The second-order valence-electron chi connectivity index (χ2n) is 5.13. The lowest BCUT2D eigenvalue weighted by Crippen LogP contribution is -2.28. The number of methoxy groups -OCH3 is 1. The summed E-state index contributed by atoms with van der Waals surface area (Å²) in [5.41, 5.74) is 0.873. The SMILES string of the molecule is COC(=O)C1CN(C(=O)/C=C/c2cnn(C)c2)CC1C. The van der Waals surface area contributed by atoms with Gasteiger partial charge >= 0.3 is 5.97 Å². The molecule has 0 saturated carbocycles. The number of amides is 1. The number of aromatic nitrogens is 2. The van der Waals surface area contributed by atoms with E-state index in [2.05, 4.69) is 5.10 Å². The predicted octanol–water partition coefficient (Wildman–Crippen LogP) is 0.701. The zero-order valence-corrected chi connectivity index (χ0v) is 11.9. The lowest BCUT2D eigenvalue weighted by Gasteiger charge is -2.13. The highest BCUT2D eigenvalue weighted by atomic mass is 16.5. The Morgan fingerprint density at radius 2 is 2.20 bits per heavy atom. The fraction of sp³-hybridized carbons (Fsp3) is 0.500. The van der Waals surface area contributed by atoms with Gasteiger partial charge in [-0.05, 0) is 12.0 Å². The third kappa shape index (κ3) is 3.07. The lowest BCUT2D eigenvalue weighted by atomic mass is 9.99. The van der Waals surface area contributed by atoms with Gasteiger partial charge in [0.05, 0.1) is 19.2 Å². The van der Waals surface area contributed by atoms with Crippen LogP contribution in [0.4, 0.5) is 0 Å². The molecule has 0 aliphatic carbocycles. The summed E-state index contributed by atoms with van der Waals surface area (Å²) in [6.07, 6.45) is 6.76. The van der Waals surface area contributed by atoms with Crippen molar-refractivity contribution in [2.45, 2.75) is 6.92 Å². The Morgan fingerprint density at radius 3 is 2.80 bits per heavy atom. The number of likely N-dealkylation sites (tertiary alicyclic amines) is 1.